The zero-order valence-electron chi connectivity index (χ0n) is 14.0. The summed E-state index contributed by atoms with van der Waals surface area (Å²) in [5.41, 5.74) is 1.37. The van der Waals surface area contributed by atoms with Crippen molar-refractivity contribution < 1.29 is 18.7 Å². The van der Waals surface area contributed by atoms with Crippen molar-refractivity contribution in [2.24, 2.45) is 0 Å². The van der Waals surface area contributed by atoms with Crippen LogP contribution in [0.1, 0.15) is 15.9 Å². The minimum Gasteiger partial charge on any atom is -0.484 e. The summed E-state index contributed by atoms with van der Waals surface area (Å²) in [5, 5.41) is 2.66. The Kier molecular flexibility index (Phi) is 5.93. The first-order valence-corrected chi connectivity index (χ1v) is 8.75. The second-order valence-corrected chi connectivity index (χ2v) is 6.41. The summed E-state index contributed by atoms with van der Waals surface area (Å²) in [4.78, 5) is 28.3. The predicted molar refractivity (Wildman–Crippen MR) is 102 cm³/mol. The summed E-state index contributed by atoms with van der Waals surface area (Å²) >= 11 is 3.19. The van der Waals surface area contributed by atoms with Crippen molar-refractivity contribution in [3.63, 3.8) is 0 Å². The SMILES string of the molecule is O=C(COc1ccc(C(=O)c2ccc(F)cc2Br)cc1)Nc1cccnc1. The number of halogens is 2. The van der Waals surface area contributed by atoms with E-state index >= 15 is 0 Å². The van der Waals surface area contributed by atoms with E-state index in [1.165, 1.54) is 24.4 Å². The molecule has 27 heavy (non-hydrogen) atoms. The molecular formula is C20H14BrFN2O3. The van der Waals surface area contributed by atoms with Gasteiger partial charge in [-0.25, -0.2) is 4.39 Å². The van der Waals surface area contributed by atoms with Crippen molar-refractivity contribution in [1.29, 1.82) is 0 Å². The van der Waals surface area contributed by atoms with E-state index in [4.69, 9.17) is 4.74 Å². The summed E-state index contributed by atoms with van der Waals surface area (Å²) in [5.74, 6) is -0.543. The molecule has 0 radical (unpaired) electrons. The zero-order chi connectivity index (χ0) is 19.2. The Morgan fingerprint density at radius 1 is 1.11 bits per heavy atom. The third-order valence-corrected chi connectivity index (χ3v) is 4.26. The fourth-order valence-electron chi connectivity index (χ4n) is 2.31. The van der Waals surface area contributed by atoms with Gasteiger partial charge in [0.25, 0.3) is 5.91 Å². The first kappa shape index (κ1) is 18.7. The number of nitrogens with zero attached hydrogens (tertiary/aromatic N) is 1. The molecule has 3 aromatic rings. The van der Waals surface area contributed by atoms with Crippen LogP contribution in [0.4, 0.5) is 10.1 Å². The third-order valence-electron chi connectivity index (χ3n) is 3.61. The number of aromatic nitrogens is 1. The molecule has 1 aromatic heterocycles. The lowest BCUT2D eigenvalue weighted by Gasteiger charge is -2.08. The number of carbonyl (C=O) groups is 2. The Hall–Kier alpha value is -3.06. The van der Waals surface area contributed by atoms with Crippen molar-refractivity contribution in [1.82, 2.24) is 4.98 Å². The number of ether oxygens (including phenoxy) is 1. The minimum atomic E-state index is -0.424. The van der Waals surface area contributed by atoms with Gasteiger partial charge in [-0.3, -0.25) is 14.6 Å². The van der Waals surface area contributed by atoms with Crippen LogP contribution in [0.25, 0.3) is 0 Å². The quantitative estimate of drug-likeness (QED) is 0.596. The lowest BCUT2D eigenvalue weighted by atomic mass is 10.0. The third kappa shape index (κ3) is 4.98. The number of hydrogen-bond donors (Lipinski definition) is 1. The van der Waals surface area contributed by atoms with Gasteiger partial charge < -0.3 is 10.1 Å². The van der Waals surface area contributed by atoms with Crippen LogP contribution in [0.15, 0.2) is 71.5 Å². The number of hydrogen-bond acceptors (Lipinski definition) is 4. The maximum absolute atomic E-state index is 13.2. The number of nitrogens with one attached hydrogen (secondary N) is 1. The van der Waals surface area contributed by atoms with Crippen molar-refractivity contribution >= 4 is 33.3 Å². The van der Waals surface area contributed by atoms with Crippen LogP contribution >= 0.6 is 15.9 Å². The fourth-order valence-corrected chi connectivity index (χ4v) is 2.85. The molecule has 0 bridgehead atoms. The van der Waals surface area contributed by atoms with Gasteiger partial charge in [0.2, 0.25) is 0 Å². The minimum absolute atomic E-state index is 0.175. The molecule has 0 saturated carbocycles. The molecule has 1 heterocycles. The maximum Gasteiger partial charge on any atom is 0.262 e. The average Bonchev–Trinajstić information content (AvgIpc) is 2.67. The molecule has 0 saturated heterocycles. The molecule has 2 aromatic carbocycles. The molecule has 0 unspecified atom stereocenters. The van der Waals surface area contributed by atoms with E-state index in [1.807, 2.05) is 0 Å². The van der Waals surface area contributed by atoms with Crippen LogP contribution in [0, 0.1) is 5.82 Å². The summed E-state index contributed by atoms with van der Waals surface area (Å²) in [7, 11) is 0. The van der Waals surface area contributed by atoms with E-state index in [2.05, 4.69) is 26.2 Å². The number of benzene rings is 2. The molecule has 136 valence electrons. The molecule has 3 rings (SSSR count). The van der Waals surface area contributed by atoms with Crippen LogP contribution in [-0.4, -0.2) is 23.3 Å². The van der Waals surface area contributed by atoms with Gasteiger partial charge >= 0.3 is 0 Å². The van der Waals surface area contributed by atoms with Crippen molar-refractivity contribution in [2.45, 2.75) is 0 Å². The smallest absolute Gasteiger partial charge is 0.262 e. The Labute approximate surface area is 163 Å². The standard InChI is InChI=1S/C20H14BrFN2O3/c21-18-10-14(22)5-8-17(18)20(26)13-3-6-16(7-4-13)27-12-19(25)24-15-2-1-9-23-11-15/h1-11H,12H2,(H,24,25). The normalized spacial score (nSPS) is 10.3. The number of pyridine rings is 1. The topological polar surface area (TPSA) is 68.3 Å². The van der Waals surface area contributed by atoms with E-state index in [1.54, 1.807) is 42.6 Å². The lowest BCUT2D eigenvalue weighted by molar-refractivity contribution is -0.118. The van der Waals surface area contributed by atoms with Crippen LogP contribution in [-0.2, 0) is 4.79 Å². The number of anilines is 1. The molecule has 0 fully saturated rings. The van der Waals surface area contributed by atoms with Gasteiger partial charge in [0, 0.05) is 21.8 Å². The molecule has 0 aliphatic carbocycles. The second-order valence-electron chi connectivity index (χ2n) is 5.56. The highest BCUT2D eigenvalue weighted by atomic mass is 79.9. The first-order valence-electron chi connectivity index (χ1n) is 7.95. The molecule has 0 atom stereocenters. The summed E-state index contributed by atoms with van der Waals surface area (Å²) in [6.45, 7) is -0.175. The molecule has 0 spiro atoms. The second kappa shape index (κ2) is 8.55. The number of ketones is 1. The lowest BCUT2D eigenvalue weighted by Crippen LogP contribution is -2.20. The number of carbonyl (C=O) groups excluding carboxylic acids is 2. The van der Waals surface area contributed by atoms with E-state index in [0.717, 1.165) is 0 Å². The highest BCUT2D eigenvalue weighted by molar-refractivity contribution is 9.10. The van der Waals surface area contributed by atoms with Crippen LogP contribution in [0.5, 0.6) is 5.75 Å². The van der Waals surface area contributed by atoms with Gasteiger partial charge in [0.05, 0.1) is 11.9 Å². The molecule has 1 N–H and O–H groups in total. The Bertz CT molecular complexity index is 963. The van der Waals surface area contributed by atoms with Gasteiger partial charge in [-0.1, -0.05) is 0 Å². The van der Waals surface area contributed by atoms with Crippen LogP contribution in [0.2, 0.25) is 0 Å². The Morgan fingerprint density at radius 2 is 1.89 bits per heavy atom. The van der Waals surface area contributed by atoms with Gasteiger partial charge in [-0.05, 0) is 70.5 Å². The Balaban J connectivity index is 1.60. The number of amides is 1. The van der Waals surface area contributed by atoms with E-state index in [9.17, 15) is 14.0 Å². The molecule has 7 heteroatoms. The van der Waals surface area contributed by atoms with E-state index < -0.39 is 5.82 Å². The zero-order valence-corrected chi connectivity index (χ0v) is 15.6. The van der Waals surface area contributed by atoms with E-state index in [-0.39, 0.29) is 18.3 Å². The van der Waals surface area contributed by atoms with Crippen molar-refractivity contribution in [3.05, 3.63) is 88.4 Å². The van der Waals surface area contributed by atoms with Gasteiger partial charge in [0.15, 0.2) is 12.4 Å². The monoisotopic (exact) mass is 428 g/mol. The molecular weight excluding hydrogens is 415 g/mol. The average molecular weight is 429 g/mol. The predicted octanol–water partition coefficient (Wildman–Crippen LogP) is 4.23. The molecule has 5 nitrogen and oxygen atoms in total. The summed E-state index contributed by atoms with van der Waals surface area (Å²) < 4.78 is 19.0. The molecule has 1 amide bonds. The summed E-state index contributed by atoms with van der Waals surface area (Å²) in [6, 6.07) is 13.7. The number of rotatable bonds is 6. The Morgan fingerprint density at radius 3 is 2.56 bits per heavy atom. The van der Waals surface area contributed by atoms with Gasteiger partial charge in [0.1, 0.15) is 11.6 Å². The van der Waals surface area contributed by atoms with Crippen LogP contribution in [0.3, 0.4) is 0 Å². The van der Waals surface area contributed by atoms with Crippen molar-refractivity contribution in [3.8, 4) is 5.75 Å². The van der Waals surface area contributed by atoms with Crippen molar-refractivity contribution in [2.75, 3.05) is 11.9 Å². The highest BCUT2D eigenvalue weighted by Gasteiger charge is 2.13. The van der Waals surface area contributed by atoms with Crippen LogP contribution < -0.4 is 10.1 Å². The van der Waals surface area contributed by atoms with Gasteiger partial charge in [-0.15, -0.1) is 0 Å². The first-order chi connectivity index (χ1) is 13.0. The molecule has 0 aliphatic rings. The maximum atomic E-state index is 13.2. The van der Waals surface area contributed by atoms with E-state index in [0.29, 0.717) is 27.0 Å². The largest absolute Gasteiger partial charge is 0.484 e. The fraction of sp³-hybridized carbons (Fsp3) is 0.0500. The highest BCUT2D eigenvalue weighted by Crippen LogP contribution is 2.22. The molecule has 0 aliphatic heterocycles. The van der Waals surface area contributed by atoms with Gasteiger partial charge in [-0.2, -0.15) is 0 Å². The summed E-state index contributed by atoms with van der Waals surface area (Å²) in [6.07, 6.45) is 3.14.